The number of benzene rings is 2. The predicted molar refractivity (Wildman–Crippen MR) is 137 cm³/mol. The molecule has 2 aromatic heterocycles. The monoisotopic (exact) mass is 524 g/mol. The number of anilines is 1. The van der Waals surface area contributed by atoms with Gasteiger partial charge in [-0.1, -0.05) is 25.1 Å². The number of sulfonamides is 1. The number of nitrogens with one attached hydrogen (secondary N) is 1. The van der Waals surface area contributed by atoms with Crippen molar-refractivity contribution in [2.45, 2.75) is 44.3 Å². The van der Waals surface area contributed by atoms with Crippen LogP contribution in [-0.2, 0) is 32.6 Å². The molecule has 0 radical (unpaired) electrons. The lowest BCUT2D eigenvalue weighted by Crippen LogP contribution is -2.28. The molecule has 11 heteroatoms. The molecule has 0 aliphatic heterocycles. The summed E-state index contributed by atoms with van der Waals surface area (Å²) in [5, 5.41) is 6.80. The van der Waals surface area contributed by atoms with Gasteiger partial charge in [-0.2, -0.15) is 5.10 Å². The highest BCUT2D eigenvalue weighted by Gasteiger charge is 2.26. The van der Waals surface area contributed by atoms with E-state index in [1.165, 1.54) is 19.2 Å². The van der Waals surface area contributed by atoms with Gasteiger partial charge in [0, 0.05) is 30.8 Å². The van der Waals surface area contributed by atoms with Crippen molar-refractivity contribution in [3.8, 4) is 17.2 Å². The molecular weight excluding hydrogens is 496 g/mol. The van der Waals surface area contributed by atoms with E-state index in [1.54, 1.807) is 18.3 Å². The van der Waals surface area contributed by atoms with Crippen LogP contribution in [0.1, 0.15) is 30.4 Å². The summed E-state index contributed by atoms with van der Waals surface area (Å²) < 4.78 is 44.3. The Hall–Kier alpha value is -4.12. The second kappa shape index (κ2) is 11.3. The van der Waals surface area contributed by atoms with Crippen LogP contribution in [0.5, 0.6) is 5.75 Å². The van der Waals surface area contributed by atoms with Crippen molar-refractivity contribution in [3.05, 3.63) is 77.8 Å². The second-order valence-electron chi connectivity index (χ2n) is 8.32. The third-order valence-electron chi connectivity index (χ3n) is 5.92. The van der Waals surface area contributed by atoms with Crippen LogP contribution >= 0.6 is 0 Å². The lowest BCUT2D eigenvalue weighted by molar-refractivity contribution is -0.133. The van der Waals surface area contributed by atoms with Gasteiger partial charge in [0.05, 0.1) is 4.90 Å². The smallest absolute Gasteiger partial charge is 0.293 e. The number of aryl methyl sites for hydroxylation is 1. The van der Waals surface area contributed by atoms with Gasteiger partial charge in [-0.3, -0.25) is 14.2 Å². The second-order valence-corrected chi connectivity index (χ2v) is 10.3. The van der Waals surface area contributed by atoms with Crippen molar-refractivity contribution in [2.24, 2.45) is 0 Å². The van der Waals surface area contributed by atoms with E-state index in [0.717, 1.165) is 9.87 Å². The average Bonchev–Trinajstić information content (AvgIpc) is 3.53. The van der Waals surface area contributed by atoms with Crippen LogP contribution in [0.4, 0.5) is 5.82 Å². The van der Waals surface area contributed by atoms with Crippen molar-refractivity contribution in [1.29, 1.82) is 0 Å². The van der Waals surface area contributed by atoms with Crippen LogP contribution in [0.2, 0.25) is 0 Å². The van der Waals surface area contributed by atoms with Gasteiger partial charge in [-0.15, -0.1) is 0 Å². The lowest BCUT2D eigenvalue weighted by Gasteiger charge is -2.20. The number of aromatic nitrogens is 3. The van der Waals surface area contributed by atoms with Crippen LogP contribution in [0.15, 0.2) is 70.1 Å². The van der Waals surface area contributed by atoms with Crippen LogP contribution in [0, 0.1) is 6.92 Å². The predicted octanol–water partition coefficient (Wildman–Crippen LogP) is 4.27. The largest absolute Gasteiger partial charge is 0.487 e. The average molecular weight is 525 g/mol. The fraction of sp³-hybridized carbons (Fsp3) is 0.269. The normalized spacial score (nSPS) is 12.2. The zero-order valence-corrected chi connectivity index (χ0v) is 21.6. The van der Waals surface area contributed by atoms with E-state index in [1.807, 2.05) is 44.2 Å². The van der Waals surface area contributed by atoms with Gasteiger partial charge in [0.15, 0.2) is 5.82 Å². The minimum atomic E-state index is -3.90. The summed E-state index contributed by atoms with van der Waals surface area (Å²) in [6, 6.07) is 15.7. The van der Waals surface area contributed by atoms with Gasteiger partial charge in [-0.05, 0) is 49.7 Å². The molecule has 1 N–H and O–H groups in total. The van der Waals surface area contributed by atoms with E-state index in [4.69, 9.17) is 13.9 Å². The molecule has 2 aromatic carbocycles. The van der Waals surface area contributed by atoms with Crippen LogP contribution in [0.3, 0.4) is 0 Å². The van der Waals surface area contributed by atoms with E-state index in [2.05, 4.69) is 15.2 Å². The van der Waals surface area contributed by atoms with Crippen molar-refractivity contribution in [2.75, 3.05) is 11.4 Å². The molecule has 2 heterocycles. The molecule has 0 bridgehead atoms. The molecular formula is C26H28N4O6S. The molecule has 0 spiro atoms. The van der Waals surface area contributed by atoms with Crippen LogP contribution < -0.4 is 9.04 Å². The quantitative estimate of drug-likeness (QED) is 0.272. The molecule has 1 atom stereocenters. The Labute approximate surface area is 215 Å². The molecule has 37 heavy (non-hydrogen) atoms. The van der Waals surface area contributed by atoms with E-state index in [0.29, 0.717) is 48.0 Å². The minimum Gasteiger partial charge on any atom is -0.487 e. The van der Waals surface area contributed by atoms with Gasteiger partial charge >= 0.3 is 0 Å². The maximum Gasteiger partial charge on any atom is 0.293 e. The molecule has 10 nitrogen and oxygen atoms in total. The highest BCUT2D eigenvalue weighted by atomic mass is 32.2. The zero-order valence-electron chi connectivity index (χ0n) is 20.7. The molecule has 194 valence electrons. The Morgan fingerprint density at radius 3 is 2.54 bits per heavy atom. The fourth-order valence-electron chi connectivity index (χ4n) is 3.74. The van der Waals surface area contributed by atoms with Gasteiger partial charge in [0.1, 0.15) is 29.9 Å². The van der Waals surface area contributed by atoms with Crippen molar-refractivity contribution in [3.63, 3.8) is 0 Å². The Morgan fingerprint density at radius 2 is 1.86 bits per heavy atom. The highest BCUT2D eigenvalue weighted by Crippen LogP contribution is 2.27. The number of hydrogen-bond acceptors (Lipinski definition) is 8. The number of carbonyl (C=O) groups excluding carboxylic acids is 1. The van der Waals surface area contributed by atoms with Crippen LogP contribution in [-0.4, -0.2) is 43.2 Å². The van der Waals surface area contributed by atoms with Gasteiger partial charge in [-0.25, -0.2) is 13.4 Å². The molecule has 0 fully saturated rings. The maximum absolute atomic E-state index is 13.3. The van der Waals surface area contributed by atoms with E-state index < -0.39 is 10.0 Å². The number of oxazole rings is 1. The number of H-pyrrole nitrogens is 1. The zero-order chi connectivity index (χ0) is 26.4. The summed E-state index contributed by atoms with van der Waals surface area (Å²) in [7, 11) is -2.47. The third-order valence-corrected chi connectivity index (χ3v) is 7.68. The third kappa shape index (κ3) is 5.83. The number of ether oxygens (including phenoxy) is 2. The lowest BCUT2D eigenvalue weighted by atomic mass is 10.1. The van der Waals surface area contributed by atoms with Crippen molar-refractivity contribution in [1.82, 2.24) is 15.2 Å². The Morgan fingerprint density at radius 1 is 1.14 bits per heavy atom. The first-order valence-electron chi connectivity index (χ1n) is 11.7. The van der Waals surface area contributed by atoms with Crippen molar-refractivity contribution < 1.29 is 27.1 Å². The standard InChI is InChI=1S/C26H28N4O6S/c1-4-21(35-17-31)14-20-15-27-29-25(20)30(3)37(32,33)23-12-10-22(11-13-23)34-16-24-18(2)36-26(28-24)19-8-6-5-7-9-19/h5-13,15,17,21H,4,14,16H2,1-3H3,(H,27,29). The molecule has 4 aromatic rings. The maximum atomic E-state index is 13.3. The Balaban J connectivity index is 1.44. The Kier molecular flexibility index (Phi) is 7.92. The van der Waals surface area contributed by atoms with Gasteiger partial charge in [0.25, 0.3) is 16.5 Å². The first-order valence-corrected chi connectivity index (χ1v) is 13.1. The van der Waals surface area contributed by atoms with E-state index in [-0.39, 0.29) is 23.4 Å². The minimum absolute atomic E-state index is 0.0801. The summed E-state index contributed by atoms with van der Waals surface area (Å²) in [4.78, 5) is 15.3. The summed E-state index contributed by atoms with van der Waals surface area (Å²) in [6.45, 7) is 4.27. The number of carbonyl (C=O) groups is 1. The molecule has 0 aliphatic rings. The SMILES string of the molecule is CCC(Cc1c[nH]nc1N(C)S(=O)(=O)c1ccc(OCc2nc(-c3ccccc3)oc2C)cc1)OC=O. The van der Waals surface area contributed by atoms with E-state index >= 15 is 0 Å². The van der Waals surface area contributed by atoms with Crippen LogP contribution in [0.25, 0.3) is 11.5 Å². The molecule has 0 amide bonds. The first-order chi connectivity index (χ1) is 17.8. The highest BCUT2D eigenvalue weighted by molar-refractivity contribution is 7.92. The fourth-order valence-corrected chi connectivity index (χ4v) is 4.92. The first kappa shape index (κ1) is 26.0. The molecule has 0 saturated heterocycles. The molecule has 1 unspecified atom stereocenters. The van der Waals surface area contributed by atoms with Crippen molar-refractivity contribution >= 4 is 22.3 Å². The molecule has 0 aliphatic carbocycles. The number of rotatable bonds is 12. The van der Waals surface area contributed by atoms with Gasteiger partial charge < -0.3 is 13.9 Å². The summed E-state index contributed by atoms with van der Waals surface area (Å²) in [6.07, 6.45) is 2.15. The Bertz CT molecular complexity index is 1430. The summed E-state index contributed by atoms with van der Waals surface area (Å²) >= 11 is 0. The number of hydrogen-bond donors (Lipinski definition) is 1. The topological polar surface area (TPSA) is 128 Å². The number of aromatic amines is 1. The molecule has 4 rings (SSSR count). The number of nitrogens with zero attached hydrogens (tertiary/aromatic N) is 3. The summed E-state index contributed by atoms with van der Waals surface area (Å²) in [5.74, 6) is 1.90. The summed E-state index contributed by atoms with van der Waals surface area (Å²) in [5.41, 5.74) is 2.15. The molecule has 0 saturated carbocycles. The van der Waals surface area contributed by atoms with E-state index in [9.17, 15) is 13.2 Å². The van der Waals surface area contributed by atoms with Gasteiger partial charge in [0.2, 0.25) is 5.89 Å².